The van der Waals surface area contributed by atoms with Crippen LogP contribution in [0, 0.1) is 5.82 Å². The normalized spacial score (nSPS) is 14.5. The van der Waals surface area contributed by atoms with E-state index in [2.05, 4.69) is 36.3 Å². The van der Waals surface area contributed by atoms with E-state index in [1.807, 2.05) is 34.9 Å². The highest BCUT2D eigenvalue weighted by Crippen LogP contribution is 2.24. The Kier molecular flexibility index (Phi) is 7.33. The molecule has 1 fully saturated rings. The third-order valence-corrected chi connectivity index (χ3v) is 6.14. The van der Waals surface area contributed by atoms with E-state index in [9.17, 15) is 9.18 Å². The summed E-state index contributed by atoms with van der Waals surface area (Å²) in [5.41, 5.74) is 1.07. The minimum Gasteiger partial charge on any atom is -0.379 e. The Hall–Kier alpha value is -2.27. The molecule has 7 nitrogen and oxygen atoms in total. The largest absolute Gasteiger partial charge is 0.379 e. The summed E-state index contributed by atoms with van der Waals surface area (Å²) in [6, 6.07) is 14.3. The number of para-hydroxylation sites is 1. The maximum absolute atomic E-state index is 14.0. The maximum atomic E-state index is 14.0. The molecule has 1 N–H and O–H groups in total. The van der Waals surface area contributed by atoms with Gasteiger partial charge in [-0.25, -0.2) is 4.39 Å². The zero-order valence-corrected chi connectivity index (χ0v) is 19.0. The molecule has 0 radical (unpaired) electrons. The van der Waals surface area contributed by atoms with Crippen molar-refractivity contribution >= 4 is 39.3 Å². The lowest BCUT2D eigenvalue weighted by atomic mass is 10.3. The fourth-order valence-electron chi connectivity index (χ4n) is 3.20. The van der Waals surface area contributed by atoms with Crippen molar-refractivity contribution in [2.24, 2.45) is 0 Å². The van der Waals surface area contributed by atoms with E-state index in [4.69, 9.17) is 4.74 Å². The van der Waals surface area contributed by atoms with Gasteiger partial charge < -0.3 is 10.1 Å². The maximum Gasteiger partial charge on any atom is 0.234 e. The molecule has 1 aliphatic rings. The van der Waals surface area contributed by atoms with Crippen LogP contribution in [0.4, 0.5) is 10.1 Å². The number of halogens is 2. The van der Waals surface area contributed by atoms with E-state index in [0.717, 1.165) is 24.6 Å². The molecule has 0 atom stereocenters. The summed E-state index contributed by atoms with van der Waals surface area (Å²) >= 11 is 4.47. The topological polar surface area (TPSA) is 72.3 Å². The number of carbonyl (C=O) groups excluding carboxylic acids is 1. The van der Waals surface area contributed by atoms with Gasteiger partial charge in [0, 0.05) is 23.2 Å². The first-order valence-corrected chi connectivity index (χ1v) is 11.6. The predicted molar refractivity (Wildman–Crippen MR) is 121 cm³/mol. The van der Waals surface area contributed by atoms with Gasteiger partial charge in [0.1, 0.15) is 5.82 Å². The predicted octanol–water partition coefficient (Wildman–Crippen LogP) is 3.73. The molecule has 31 heavy (non-hydrogen) atoms. The molecule has 1 saturated heterocycles. The molecule has 2 heterocycles. The van der Waals surface area contributed by atoms with Crippen molar-refractivity contribution in [1.82, 2.24) is 19.7 Å². The molecule has 0 aliphatic carbocycles. The second-order valence-electron chi connectivity index (χ2n) is 6.92. The molecule has 3 aromatic rings. The van der Waals surface area contributed by atoms with Gasteiger partial charge in [-0.1, -0.05) is 45.9 Å². The number of ether oxygens (including phenoxy) is 1. The summed E-state index contributed by atoms with van der Waals surface area (Å²) in [4.78, 5) is 14.7. The number of morpholine rings is 1. The minimum atomic E-state index is -0.493. The molecule has 2 aromatic carbocycles. The van der Waals surface area contributed by atoms with Crippen LogP contribution in [-0.2, 0) is 16.1 Å². The molecule has 162 valence electrons. The Balaban J connectivity index is 1.48. The highest BCUT2D eigenvalue weighted by molar-refractivity contribution is 9.10. The summed E-state index contributed by atoms with van der Waals surface area (Å²) in [7, 11) is 0. The van der Waals surface area contributed by atoms with Gasteiger partial charge in [-0.3, -0.25) is 14.3 Å². The number of anilines is 1. The van der Waals surface area contributed by atoms with Crippen LogP contribution in [0.15, 0.2) is 58.2 Å². The number of nitrogens with one attached hydrogen (secondary N) is 1. The number of aromatic nitrogens is 3. The standard InChI is InChI=1S/C21H21BrFN5O2S/c22-15-6-7-18(17(23)12-15)24-20(29)14-31-21-26-25-19(13-27-8-10-30-11-9-27)28(21)16-4-2-1-3-5-16/h1-7,12H,8-11,13-14H2,(H,24,29). The monoisotopic (exact) mass is 505 g/mol. The van der Waals surface area contributed by atoms with E-state index < -0.39 is 5.82 Å². The van der Waals surface area contributed by atoms with E-state index in [-0.39, 0.29) is 17.3 Å². The summed E-state index contributed by atoms with van der Waals surface area (Å²) in [5.74, 6) is 0.0735. The SMILES string of the molecule is O=C(CSc1nnc(CN2CCOCC2)n1-c1ccccc1)Nc1ccc(Br)cc1F. The number of thioether (sulfide) groups is 1. The number of carbonyl (C=O) groups is 1. The molecule has 4 rings (SSSR count). The molecule has 1 aliphatic heterocycles. The first kappa shape index (κ1) is 21.9. The zero-order valence-electron chi connectivity index (χ0n) is 16.6. The number of hydrogen-bond acceptors (Lipinski definition) is 6. The summed E-state index contributed by atoms with van der Waals surface area (Å²) in [6.45, 7) is 3.72. The van der Waals surface area contributed by atoms with Crippen molar-refractivity contribution in [3.63, 3.8) is 0 Å². The van der Waals surface area contributed by atoms with Crippen molar-refractivity contribution in [2.45, 2.75) is 11.7 Å². The molecule has 1 aromatic heterocycles. The first-order chi connectivity index (χ1) is 15.1. The third-order valence-electron chi connectivity index (χ3n) is 4.72. The molecule has 1 amide bonds. The molecule has 0 saturated carbocycles. The molecular weight excluding hydrogens is 485 g/mol. The Morgan fingerprint density at radius 2 is 1.94 bits per heavy atom. The van der Waals surface area contributed by atoms with Crippen LogP contribution in [-0.4, -0.2) is 57.6 Å². The van der Waals surface area contributed by atoms with Crippen LogP contribution >= 0.6 is 27.7 Å². The van der Waals surface area contributed by atoms with Crippen molar-refractivity contribution < 1.29 is 13.9 Å². The number of hydrogen-bond donors (Lipinski definition) is 1. The van der Waals surface area contributed by atoms with Gasteiger partial charge in [0.05, 0.1) is 31.2 Å². The van der Waals surface area contributed by atoms with Crippen LogP contribution < -0.4 is 5.32 Å². The fourth-order valence-corrected chi connectivity index (χ4v) is 4.30. The van der Waals surface area contributed by atoms with Crippen LogP contribution in [0.5, 0.6) is 0 Å². The van der Waals surface area contributed by atoms with Crippen LogP contribution in [0.1, 0.15) is 5.82 Å². The Labute approximate surface area is 192 Å². The van der Waals surface area contributed by atoms with E-state index in [1.165, 1.54) is 23.9 Å². The highest BCUT2D eigenvalue weighted by atomic mass is 79.9. The summed E-state index contributed by atoms with van der Waals surface area (Å²) < 4.78 is 22.0. The van der Waals surface area contributed by atoms with Gasteiger partial charge >= 0.3 is 0 Å². The van der Waals surface area contributed by atoms with Gasteiger partial charge in [0.15, 0.2) is 11.0 Å². The summed E-state index contributed by atoms with van der Waals surface area (Å²) in [5, 5.41) is 11.9. The second kappa shape index (κ2) is 10.4. The molecule has 0 unspecified atom stereocenters. The Morgan fingerprint density at radius 3 is 2.68 bits per heavy atom. The summed E-state index contributed by atoms with van der Waals surface area (Å²) in [6.07, 6.45) is 0. The average molecular weight is 506 g/mol. The van der Waals surface area contributed by atoms with Crippen LogP contribution in [0.25, 0.3) is 5.69 Å². The van der Waals surface area contributed by atoms with Gasteiger partial charge in [-0.05, 0) is 30.3 Å². The van der Waals surface area contributed by atoms with E-state index >= 15 is 0 Å². The van der Waals surface area contributed by atoms with Crippen molar-refractivity contribution in [3.8, 4) is 5.69 Å². The highest BCUT2D eigenvalue weighted by Gasteiger charge is 2.20. The van der Waals surface area contributed by atoms with Crippen molar-refractivity contribution in [3.05, 3.63) is 64.6 Å². The van der Waals surface area contributed by atoms with E-state index in [1.54, 1.807) is 6.07 Å². The quantitative estimate of drug-likeness (QED) is 0.493. The van der Waals surface area contributed by atoms with Crippen LogP contribution in [0.3, 0.4) is 0 Å². The second-order valence-corrected chi connectivity index (χ2v) is 8.78. The number of amides is 1. The van der Waals surface area contributed by atoms with Crippen molar-refractivity contribution in [2.75, 3.05) is 37.4 Å². The van der Waals surface area contributed by atoms with Gasteiger partial charge in [-0.15, -0.1) is 10.2 Å². The minimum absolute atomic E-state index is 0.0814. The number of benzene rings is 2. The number of rotatable bonds is 7. The van der Waals surface area contributed by atoms with Gasteiger partial charge in [-0.2, -0.15) is 0 Å². The molecule has 0 bridgehead atoms. The molecule has 10 heteroatoms. The van der Waals surface area contributed by atoms with Gasteiger partial charge in [0.2, 0.25) is 5.91 Å². The first-order valence-electron chi connectivity index (χ1n) is 9.77. The lowest BCUT2D eigenvalue weighted by Gasteiger charge is -2.26. The average Bonchev–Trinajstić information content (AvgIpc) is 3.18. The van der Waals surface area contributed by atoms with Crippen LogP contribution in [0.2, 0.25) is 0 Å². The molecule has 0 spiro atoms. The molecular formula is C21H21BrFN5O2S. The van der Waals surface area contributed by atoms with E-state index in [0.29, 0.717) is 29.4 Å². The lowest BCUT2D eigenvalue weighted by molar-refractivity contribution is -0.113. The Morgan fingerprint density at radius 1 is 1.16 bits per heavy atom. The Bertz CT molecular complexity index is 1040. The third kappa shape index (κ3) is 5.70. The van der Waals surface area contributed by atoms with Crippen molar-refractivity contribution in [1.29, 1.82) is 0 Å². The zero-order chi connectivity index (χ0) is 21.6. The van der Waals surface area contributed by atoms with Gasteiger partial charge in [0.25, 0.3) is 0 Å². The smallest absolute Gasteiger partial charge is 0.234 e. The number of nitrogens with zero attached hydrogens (tertiary/aromatic N) is 4. The fraction of sp³-hybridized carbons (Fsp3) is 0.286. The lowest BCUT2D eigenvalue weighted by Crippen LogP contribution is -2.36.